The van der Waals surface area contributed by atoms with Crippen LogP contribution in [0.4, 0.5) is 0 Å². The summed E-state index contributed by atoms with van der Waals surface area (Å²) in [6.45, 7) is 11.4. The molecule has 0 aromatic heterocycles. The van der Waals surface area contributed by atoms with Gasteiger partial charge in [0.2, 0.25) is 0 Å². The summed E-state index contributed by atoms with van der Waals surface area (Å²) in [5, 5.41) is 4.66. The van der Waals surface area contributed by atoms with E-state index >= 15 is 0 Å². The minimum absolute atomic E-state index is 0.491. The molecule has 0 fully saturated rings. The lowest BCUT2D eigenvalue weighted by molar-refractivity contribution is 0.424. The predicted octanol–water partition coefficient (Wildman–Crippen LogP) is 6.03. The number of halogens is 2. The van der Waals surface area contributed by atoms with Gasteiger partial charge in [-0.1, -0.05) is 78.9 Å². The number of nitrogens with zero attached hydrogens (tertiary/aromatic N) is 1. The first-order valence-corrected chi connectivity index (χ1v) is 9.00. The van der Waals surface area contributed by atoms with Crippen LogP contribution in [0.25, 0.3) is 0 Å². The van der Waals surface area contributed by atoms with Crippen LogP contribution in [0, 0.1) is 0 Å². The Labute approximate surface area is 161 Å². The van der Waals surface area contributed by atoms with Crippen molar-refractivity contribution < 1.29 is 0 Å². The van der Waals surface area contributed by atoms with E-state index in [4.69, 9.17) is 23.2 Å². The molecule has 1 aromatic carbocycles. The molecule has 1 aromatic rings. The topological polar surface area (TPSA) is 15.3 Å². The Kier molecular flexibility index (Phi) is 10.7. The fourth-order valence-electron chi connectivity index (χ4n) is 2.20. The van der Waals surface area contributed by atoms with Gasteiger partial charge in [-0.05, 0) is 31.1 Å². The lowest BCUT2D eigenvalue weighted by Crippen LogP contribution is -2.27. The van der Waals surface area contributed by atoms with E-state index in [1.807, 2.05) is 37.3 Å². The molecule has 1 N–H and O–H groups in total. The summed E-state index contributed by atoms with van der Waals surface area (Å²) < 4.78 is 0. The molecule has 25 heavy (non-hydrogen) atoms. The Bertz CT molecular complexity index is 645. The highest BCUT2D eigenvalue weighted by atomic mass is 35.5. The molecule has 0 radical (unpaired) electrons. The second kappa shape index (κ2) is 12.6. The van der Waals surface area contributed by atoms with Gasteiger partial charge in [-0.15, -0.1) is 0 Å². The molecule has 0 saturated heterocycles. The van der Waals surface area contributed by atoms with Gasteiger partial charge in [0.15, 0.2) is 0 Å². The van der Waals surface area contributed by atoms with E-state index in [2.05, 4.69) is 47.8 Å². The minimum Gasteiger partial charge on any atom is -0.347 e. The van der Waals surface area contributed by atoms with Crippen molar-refractivity contribution in [2.75, 3.05) is 13.1 Å². The van der Waals surface area contributed by atoms with Gasteiger partial charge in [-0.3, -0.25) is 0 Å². The van der Waals surface area contributed by atoms with Crippen LogP contribution in [0.3, 0.4) is 0 Å². The number of hydrogen-bond donors (Lipinski definition) is 1. The monoisotopic (exact) mass is 376 g/mol. The molecule has 134 valence electrons. The second-order valence-electron chi connectivity index (χ2n) is 5.39. The Morgan fingerprint density at radius 3 is 2.60 bits per heavy atom. The highest BCUT2D eigenvalue weighted by Crippen LogP contribution is 2.21. The molecule has 0 amide bonds. The first-order chi connectivity index (χ1) is 12.1. The molecule has 0 bridgehead atoms. The summed E-state index contributed by atoms with van der Waals surface area (Å²) in [6, 6.07) is 8.03. The van der Waals surface area contributed by atoms with E-state index < -0.39 is 0 Å². The third kappa shape index (κ3) is 8.78. The standard InChI is InChI=1S/C17H21ClN2.C4H5Cl/c1-2-3-6-13-20(16-9-11-19-12-10-16)14-15-7-4-5-8-17(15)18;1-3-4(2)5/h2-9,13,19H,10-12,14H2,1H3;3H,1-2H2/b3-2+,13-6+;. The van der Waals surface area contributed by atoms with Crippen LogP contribution in [-0.2, 0) is 6.54 Å². The van der Waals surface area contributed by atoms with Gasteiger partial charge < -0.3 is 10.2 Å². The molecule has 0 aliphatic carbocycles. The molecule has 0 saturated carbocycles. The fourth-order valence-corrected chi connectivity index (χ4v) is 2.39. The number of hydrogen-bond acceptors (Lipinski definition) is 2. The zero-order valence-electron chi connectivity index (χ0n) is 14.7. The lowest BCUT2D eigenvalue weighted by atomic mass is 10.1. The maximum Gasteiger partial charge on any atom is 0.0487 e. The lowest BCUT2D eigenvalue weighted by Gasteiger charge is -2.27. The second-order valence-corrected chi connectivity index (χ2v) is 6.28. The van der Waals surface area contributed by atoms with Crippen molar-refractivity contribution in [1.29, 1.82) is 0 Å². The van der Waals surface area contributed by atoms with Crippen molar-refractivity contribution in [3.05, 3.63) is 95.3 Å². The highest BCUT2D eigenvalue weighted by Gasteiger charge is 2.11. The van der Waals surface area contributed by atoms with Gasteiger partial charge >= 0.3 is 0 Å². The van der Waals surface area contributed by atoms with Gasteiger partial charge in [0, 0.05) is 41.6 Å². The Morgan fingerprint density at radius 1 is 1.32 bits per heavy atom. The summed E-state index contributed by atoms with van der Waals surface area (Å²) >= 11 is 11.4. The first-order valence-electron chi connectivity index (χ1n) is 8.24. The largest absolute Gasteiger partial charge is 0.347 e. The average Bonchev–Trinajstić information content (AvgIpc) is 2.64. The third-order valence-electron chi connectivity index (χ3n) is 3.50. The SMILES string of the molecule is C/C=C/C=C/N(Cc1ccccc1Cl)C1=CCNCC1.C=CC(=C)Cl. The van der Waals surface area contributed by atoms with Crippen LogP contribution in [0.2, 0.25) is 5.02 Å². The number of nitrogens with one attached hydrogen (secondary N) is 1. The predicted molar refractivity (Wildman–Crippen MR) is 112 cm³/mol. The first kappa shape index (κ1) is 21.3. The van der Waals surface area contributed by atoms with E-state index in [0.717, 1.165) is 36.6 Å². The number of allylic oxidation sites excluding steroid dienone is 5. The quantitative estimate of drug-likeness (QED) is 0.609. The molecule has 0 atom stereocenters. The van der Waals surface area contributed by atoms with Crippen molar-refractivity contribution in [2.45, 2.75) is 19.9 Å². The molecule has 1 aliphatic rings. The summed E-state index contributed by atoms with van der Waals surface area (Å²) in [5.41, 5.74) is 2.50. The van der Waals surface area contributed by atoms with E-state index in [9.17, 15) is 0 Å². The van der Waals surface area contributed by atoms with Crippen LogP contribution in [0.15, 0.2) is 84.7 Å². The Morgan fingerprint density at radius 2 is 2.04 bits per heavy atom. The van der Waals surface area contributed by atoms with Crippen molar-refractivity contribution in [3.8, 4) is 0 Å². The van der Waals surface area contributed by atoms with Gasteiger partial charge in [0.25, 0.3) is 0 Å². The van der Waals surface area contributed by atoms with Crippen LogP contribution in [-0.4, -0.2) is 18.0 Å². The van der Waals surface area contributed by atoms with Gasteiger partial charge in [-0.25, -0.2) is 0 Å². The molecule has 0 unspecified atom stereocenters. The van der Waals surface area contributed by atoms with E-state index in [1.165, 1.54) is 11.8 Å². The van der Waals surface area contributed by atoms with Crippen LogP contribution in [0.1, 0.15) is 18.9 Å². The molecule has 0 spiro atoms. The van der Waals surface area contributed by atoms with E-state index in [-0.39, 0.29) is 0 Å². The van der Waals surface area contributed by atoms with Crippen molar-refractivity contribution >= 4 is 23.2 Å². The zero-order valence-corrected chi connectivity index (χ0v) is 16.2. The number of benzene rings is 1. The van der Waals surface area contributed by atoms with E-state index in [1.54, 1.807) is 0 Å². The molecule has 2 rings (SSSR count). The summed E-state index contributed by atoms with van der Waals surface area (Å²) in [5.74, 6) is 0. The zero-order chi connectivity index (χ0) is 18.5. The van der Waals surface area contributed by atoms with Crippen LogP contribution < -0.4 is 5.32 Å². The molecule has 4 heteroatoms. The molecule has 1 heterocycles. The van der Waals surface area contributed by atoms with Crippen LogP contribution >= 0.6 is 23.2 Å². The Balaban J connectivity index is 0.000000550. The van der Waals surface area contributed by atoms with Gasteiger partial charge in [0.05, 0.1) is 0 Å². The van der Waals surface area contributed by atoms with Crippen molar-refractivity contribution in [2.24, 2.45) is 0 Å². The van der Waals surface area contributed by atoms with Gasteiger partial charge in [0.1, 0.15) is 0 Å². The molecular formula is C21H26Cl2N2. The smallest absolute Gasteiger partial charge is 0.0487 e. The average molecular weight is 377 g/mol. The maximum atomic E-state index is 6.27. The van der Waals surface area contributed by atoms with Crippen LogP contribution in [0.5, 0.6) is 0 Å². The highest BCUT2D eigenvalue weighted by molar-refractivity contribution is 6.31. The van der Waals surface area contributed by atoms with Crippen molar-refractivity contribution in [3.63, 3.8) is 0 Å². The maximum absolute atomic E-state index is 6.27. The van der Waals surface area contributed by atoms with Gasteiger partial charge in [-0.2, -0.15) is 0 Å². The summed E-state index contributed by atoms with van der Waals surface area (Å²) in [4.78, 5) is 2.28. The Hall–Kier alpha value is -1.74. The van der Waals surface area contributed by atoms with E-state index in [0.29, 0.717) is 5.03 Å². The summed E-state index contributed by atoms with van der Waals surface area (Å²) in [6.07, 6.45) is 13.1. The molecule has 2 nitrogen and oxygen atoms in total. The fraction of sp³-hybridized carbons (Fsp3) is 0.238. The summed E-state index contributed by atoms with van der Waals surface area (Å²) in [7, 11) is 0. The van der Waals surface area contributed by atoms with Crippen molar-refractivity contribution in [1.82, 2.24) is 10.2 Å². The number of rotatable bonds is 6. The molecule has 1 aliphatic heterocycles. The minimum atomic E-state index is 0.491. The molecular weight excluding hydrogens is 351 g/mol. The third-order valence-corrected chi connectivity index (χ3v) is 4.02. The normalized spacial score (nSPS) is 14.0.